The molecule has 4 aromatic rings. The summed E-state index contributed by atoms with van der Waals surface area (Å²) in [6.07, 6.45) is 8.75. The lowest BCUT2D eigenvalue weighted by Gasteiger charge is -2.25. The highest BCUT2D eigenvalue weighted by atomic mass is 33.1. The van der Waals surface area contributed by atoms with E-state index in [9.17, 15) is 0 Å². The number of hydrogen-bond acceptors (Lipinski definition) is 9. The maximum Gasteiger partial charge on any atom is 0.106 e. The fourth-order valence-corrected chi connectivity index (χ4v) is 10.7. The van der Waals surface area contributed by atoms with Crippen LogP contribution in [0.4, 0.5) is 0 Å². The van der Waals surface area contributed by atoms with Crippen molar-refractivity contribution in [3.8, 4) is 0 Å². The first-order valence-corrected chi connectivity index (χ1v) is 20.0. The van der Waals surface area contributed by atoms with Gasteiger partial charge in [-0.1, -0.05) is 71.4 Å². The lowest BCUT2D eigenvalue weighted by atomic mass is 9.85. The highest BCUT2D eigenvalue weighted by Crippen LogP contribution is 2.43. The molecule has 3 aromatic heterocycles. The molecule has 0 unspecified atom stereocenters. The van der Waals surface area contributed by atoms with Gasteiger partial charge >= 0.3 is 0 Å². The van der Waals surface area contributed by atoms with Gasteiger partial charge in [0.15, 0.2) is 0 Å². The van der Waals surface area contributed by atoms with Crippen molar-refractivity contribution in [2.45, 2.75) is 72.4 Å². The van der Waals surface area contributed by atoms with E-state index in [1.54, 1.807) is 32.4 Å². The van der Waals surface area contributed by atoms with Gasteiger partial charge in [0.2, 0.25) is 0 Å². The summed E-state index contributed by atoms with van der Waals surface area (Å²) in [5.74, 6) is 2.94. The van der Waals surface area contributed by atoms with Crippen LogP contribution >= 0.6 is 64.8 Å². The first-order valence-electron chi connectivity index (χ1n) is 13.0. The highest BCUT2D eigenvalue weighted by molar-refractivity contribution is 8.77. The van der Waals surface area contributed by atoms with Gasteiger partial charge in [0.1, 0.15) is 15.1 Å². The zero-order valence-corrected chi connectivity index (χ0v) is 27.4. The Labute approximate surface area is 256 Å². The minimum atomic E-state index is 0.980. The molecular formula is C30H33N3S6. The summed E-state index contributed by atoms with van der Waals surface area (Å²) in [5, 5.41) is 3.19. The Balaban J connectivity index is 1.64. The zero-order chi connectivity index (χ0) is 27.3. The lowest BCUT2D eigenvalue weighted by Crippen LogP contribution is -2.11. The molecule has 0 aliphatic carbocycles. The number of aromatic nitrogens is 3. The smallest absolute Gasteiger partial charge is 0.106 e. The van der Waals surface area contributed by atoms with Crippen LogP contribution in [0, 0.1) is 0 Å². The van der Waals surface area contributed by atoms with Gasteiger partial charge in [-0.05, 0) is 121 Å². The molecule has 0 fully saturated rings. The van der Waals surface area contributed by atoms with Gasteiger partial charge in [-0.2, -0.15) is 0 Å². The van der Waals surface area contributed by atoms with E-state index in [4.69, 9.17) is 0 Å². The minimum absolute atomic E-state index is 0.980. The summed E-state index contributed by atoms with van der Waals surface area (Å²) < 4.78 is 0. The van der Waals surface area contributed by atoms with Gasteiger partial charge in [0.25, 0.3) is 0 Å². The molecule has 0 N–H and O–H groups in total. The van der Waals surface area contributed by atoms with Gasteiger partial charge < -0.3 is 0 Å². The zero-order valence-electron chi connectivity index (χ0n) is 22.5. The maximum absolute atomic E-state index is 4.51. The molecule has 3 heterocycles. The summed E-state index contributed by atoms with van der Waals surface area (Å²) in [7, 11) is 11.0. The summed E-state index contributed by atoms with van der Waals surface area (Å²) in [6, 6.07) is 18.4. The SMILES string of the molecule is CCc1c(CSSc2ccccn2)c(CC)c(CSSc2ccccn2)c(CC)c1CSSc1ccccn1. The molecule has 0 aliphatic heterocycles. The van der Waals surface area contributed by atoms with Gasteiger partial charge in [-0.3, -0.25) is 0 Å². The maximum atomic E-state index is 4.51. The van der Waals surface area contributed by atoms with Crippen LogP contribution in [0.1, 0.15) is 54.2 Å². The first kappa shape index (κ1) is 30.7. The average Bonchev–Trinajstić information content (AvgIpc) is 2.99. The number of hydrogen-bond donors (Lipinski definition) is 0. The third kappa shape index (κ3) is 8.88. The molecule has 0 saturated heterocycles. The van der Waals surface area contributed by atoms with E-state index in [0.29, 0.717) is 0 Å². The molecule has 0 radical (unpaired) electrons. The average molecular weight is 628 g/mol. The van der Waals surface area contributed by atoms with Crippen LogP contribution in [-0.2, 0) is 36.5 Å². The molecule has 3 nitrogen and oxygen atoms in total. The van der Waals surface area contributed by atoms with Gasteiger partial charge in [-0.15, -0.1) is 0 Å². The largest absolute Gasteiger partial charge is 0.249 e. The fourth-order valence-electron chi connectivity index (χ4n) is 4.53. The molecular weight excluding hydrogens is 595 g/mol. The van der Waals surface area contributed by atoms with Crippen molar-refractivity contribution in [2.24, 2.45) is 0 Å². The topological polar surface area (TPSA) is 38.7 Å². The molecule has 204 valence electrons. The van der Waals surface area contributed by atoms with E-state index < -0.39 is 0 Å². The second-order valence-electron chi connectivity index (χ2n) is 8.47. The molecule has 0 atom stereocenters. The van der Waals surface area contributed by atoms with Gasteiger partial charge in [-0.25, -0.2) is 15.0 Å². The second-order valence-corrected chi connectivity index (χ2v) is 15.4. The molecule has 0 bridgehead atoms. The second kappa shape index (κ2) is 16.9. The van der Waals surface area contributed by atoms with Crippen molar-refractivity contribution in [3.05, 3.63) is 107 Å². The predicted molar refractivity (Wildman–Crippen MR) is 179 cm³/mol. The van der Waals surface area contributed by atoms with Crippen LogP contribution in [-0.4, -0.2) is 15.0 Å². The third-order valence-corrected chi connectivity index (χ3v) is 12.7. The number of benzene rings is 1. The Morgan fingerprint density at radius 2 is 0.744 bits per heavy atom. The lowest BCUT2D eigenvalue weighted by molar-refractivity contribution is 0.948. The summed E-state index contributed by atoms with van der Waals surface area (Å²) >= 11 is 0. The Bertz CT molecular complexity index is 1110. The molecule has 0 aliphatic rings. The van der Waals surface area contributed by atoms with Crippen molar-refractivity contribution in [1.29, 1.82) is 0 Å². The van der Waals surface area contributed by atoms with Gasteiger partial charge in [0, 0.05) is 35.8 Å². The molecule has 9 heteroatoms. The third-order valence-electron chi connectivity index (χ3n) is 6.20. The monoisotopic (exact) mass is 627 g/mol. The van der Waals surface area contributed by atoms with E-state index in [1.165, 1.54) is 33.4 Å². The quantitative estimate of drug-likeness (QED) is 0.120. The molecule has 39 heavy (non-hydrogen) atoms. The molecule has 0 saturated carbocycles. The molecule has 4 rings (SSSR count). The van der Waals surface area contributed by atoms with E-state index in [-0.39, 0.29) is 0 Å². The van der Waals surface area contributed by atoms with Crippen LogP contribution in [0.25, 0.3) is 0 Å². The molecule has 0 spiro atoms. The minimum Gasteiger partial charge on any atom is -0.249 e. The van der Waals surface area contributed by atoms with E-state index in [1.807, 2.05) is 69.2 Å². The molecule has 0 amide bonds. The Hall–Kier alpha value is -1.23. The Kier molecular flexibility index (Phi) is 13.3. The Morgan fingerprint density at radius 3 is 0.974 bits per heavy atom. The normalized spacial score (nSPS) is 11.2. The number of nitrogens with zero attached hydrogens (tertiary/aromatic N) is 3. The van der Waals surface area contributed by atoms with Crippen LogP contribution < -0.4 is 0 Å². The van der Waals surface area contributed by atoms with Crippen LogP contribution in [0.5, 0.6) is 0 Å². The van der Waals surface area contributed by atoms with E-state index in [0.717, 1.165) is 51.6 Å². The summed E-state index contributed by atoms with van der Waals surface area (Å²) in [4.78, 5) is 13.5. The first-order chi connectivity index (χ1) is 19.2. The highest BCUT2D eigenvalue weighted by Gasteiger charge is 2.22. The standard InChI is InChI=1S/C30H33N3S6/c1-4-22-25(19-34-37-28-13-7-10-16-31-28)23(5-2)27(21-36-39-30-15-9-12-18-33-30)24(6-3)26(22)20-35-38-29-14-8-11-17-32-29/h7-18H,4-6,19-21H2,1-3H3. The van der Waals surface area contributed by atoms with E-state index in [2.05, 4.69) is 72.1 Å². The van der Waals surface area contributed by atoms with Crippen LogP contribution in [0.2, 0.25) is 0 Å². The van der Waals surface area contributed by atoms with Crippen molar-refractivity contribution >= 4 is 64.8 Å². The van der Waals surface area contributed by atoms with Crippen molar-refractivity contribution in [2.75, 3.05) is 0 Å². The number of rotatable bonds is 15. The van der Waals surface area contributed by atoms with Crippen LogP contribution in [0.15, 0.2) is 88.3 Å². The summed E-state index contributed by atoms with van der Waals surface area (Å²) in [6.45, 7) is 6.96. The van der Waals surface area contributed by atoms with Gasteiger partial charge in [0.05, 0.1) is 0 Å². The van der Waals surface area contributed by atoms with Crippen molar-refractivity contribution in [3.63, 3.8) is 0 Å². The predicted octanol–water partition coefficient (Wildman–Crippen LogP) is 10.4. The van der Waals surface area contributed by atoms with Crippen molar-refractivity contribution in [1.82, 2.24) is 15.0 Å². The molecule has 1 aromatic carbocycles. The fraction of sp³-hybridized carbons (Fsp3) is 0.300. The summed E-state index contributed by atoms with van der Waals surface area (Å²) in [5.41, 5.74) is 9.21. The number of pyridine rings is 3. The van der Waals surface area contributed by atoms with Crippen molar-refractivity contribution < 1.29 is 0 Å². The van der Waals surface area contributed by atoms with Crippen LogP contribution in [0.3, 0.4) is 0 Å². The Morgan fingerprint density at radius 1 is 0.436 bits per heavy atom. The van der Waals surface area contributed by atoms with E-state index >= 15 is 0 Å².